The molecule has 6 heteroatoms. The summed E-state index contributed by atoms with van der Waals surface area (Å²) < 4.78 is 5.36. The Morgan fingerprint density at radius 2 is 2.21 bits per heavy atom. The Balaban J connectivity index is 2.70. The van der Waals surface area contributed by atoms with Gasteiger partial charge in [0.25, 0.3) is 5.91 Å². The molecule has 19 heavy (non-hydrogen) atoms. The third-order valence-corrected chi connectivity index (χ3v) is 2.65. The van der Waals surface area contributed by atoms with Crippen molar-refractivity contribution in [3.63, 3.8) is 0 Å². The van der Waals surface area contributed by atoms with E-state index in [-0.39, 0.29) is 12.0 Å². The number of hydrogen-bond donors (Lipinski definition) is 3. The summed E-state index contributed by atoms with van der Waals surface area (Å²) in [5.74, 6) is 5.68. The van der Waals surface area contributed by atoms with Crippen molar-refractivity contribution < 1.29 is 9.53 Å². The topological polar surface area (TPSA) is 89.3 Å². The number of nitrogens with two attached hydrogens (primary N) is 1. The van der Waals surface area contributed by atoms with Crippen molar-refractivity contribution >= 4 is 11.7 Å². The number of nitrogens with zero attached hydrogens (tertiary/aromatic N) is 1. The first-order valence-corrected chi connectivity index (χ1v) is 6.48. The molecule has 106 valence electrons. The Labute approximate surface area is 113 Å². The summed E-state index contributed by atoms with van der Waals surface area (Å²) >= 11 is 0. The van der Waals surface area contributed by atoms with Crippen LogP contribution in [0.4, 0.5) is 5.82 Å². The second kappa shape index (κ2) is 7.70. The van der Waals surface area contributed by atoms with Crippen LogP contribution in [0.25, 0.3) is 0 Å². The first-order chi connectivity index (χ1) is 9.10. The van der Waals surface area contributed by atoms with Crippen LogP contribution in [-0.2, 0) is 11.2 Å². The highest BCUT2D eigenvalue weighted by Gasteiger charge is 2.10. The highest BCUT2D eigenvalue weighted by Crippen LogP contribution is 2.10. The van der Waals surface area contributed by atoms with Gasteiger partial charge in [-0.3, -0.25) is 4.79 Å². The van der Waals surface area contributed by atoms with Crippen LogP contribution in [0.5, 0.6) is 0 Å². The second-order valence-electron chi connectivity index (χ2n) is 4.21. The van der Waals surface area contributed by atoms with Gasteiger partial charge in [0.15, 0.2) is 0 Å². The fourth-order valence-electron chi connectivity index (χ4n) is 1.66. The van der Waals surface area contributed by atoms with Gasteiger partial charge in [-0.1, -0.05) is 6.92 Å². The van der Waals surface area contributed by atoms with Gasteiger partial charge in [-0.2, -0.15) is 0 Å². The van der Waals surface area contributed by atoms with Gasteiger partial charge in [-0.15, -0.1) is 0 Å². The van der Waals surface area contributed by atoms with Gasteiger partial charge in [0.2, 0.25) is 0 Å². The quantitative estimate of drug-likeness (QED) is 0.507. The van der Waals surface area contributed by atoms with Crippen LogP contribution >= 0.6 is 0 Å². The van der Waals surface area contributed by atoms with Gasteiger partial charge in [-0.25, -0.2) is 10.8 Å². The van der Waals surface area contributed by atoms with Gasteiger partial charge in [0.1, 0.15) is 5.82 Å². The number of amides is 1. The molecule has 0 aliphatic heterocycles. The van der Waals surface area contributed by atoms with Crippen LogP contribution in [0, 0.1) is 0 Å². The molecule has 0 radical (unpaired) electrons. The minimum absolute atomic E-state index is 0.00598. The zero-order chi connectivity index (χ0) is 14.3. The third-order valence-electron chi connectivity index (χ3n) is 2.65. The number of hydrogen-bond acceptors (Lipinski definition) is 5. The number of carbonyl (C=O) groups is 1. The van der Waals surface area contributed by atoms with E-state index < -0.39 is 0 Å². The van der Waals surface area contributed by atoms with Gasteiger partial charge >= 0.3 is 0 Å². The van der Waals surface area contributed by atoms with E-state index in [1.165, 1.54) is 0 Å². The van der Waals surface area contributed by atoms with Crippen molar-refractivity contribution in [2.24, 2.45) is 5.84 Å². The zero-order valence-electron chi connectivity index (χ0n) is 11.7. The molecular weight excluding hydrogens is 244 g/mol. The summed E-state index contributed by atoms with van der Waals surface area (Å²) in [5, 5.41) is 2.83. The standard InChI is InChI=1S/C13H22N4O2/c1-4-11-6-10(7-12(16-11)17-14)13(18)15-8-9(3)19-5-2/h6-7,9H,4-5,8,14H2,1-3H3,(H,15,18)(H,16,17). The SMILES string of the molecule is CCOC(C)CNC(=O)c1cc(CC)nc(NN)c1. The summed E-state index contributed by atoms with van der Waals surface area (Å²) in [4.78, 5) is 16.3. The summed E-state index contributed by atoms with van der Waals surface area (Å²) in [6, 6.07) is 3.39. The molecule has 4 N–H and O–H groups in total. The summed E-state index contributed by atoms with van der Waals surface area (Å²) in [5.41, 5.74) is 3.83. The van der Waals surface area contributed by atoms with E-state index in [9.17, 15) is 4.79 Å². The summed E-state index contributed by atoms with van der Waals surface area (Å²) in [7, 11) is 0. The fourth-order valence-corrected chi connectivity index (χ4v) is 1.66. The molecule has 1 amide bonds. The number of ether oxygens (including phenoxy) is 1. The number of anilines is 1. The molecule has 0 aliphatic carbocycles. The van der Waals surface area contributed by atoms with Crippen molar-refractivity contribution in [3.8, 4) is 0 Å². The van der Waals surface area contributed by atoms with Crippen molar-refractivity contribution in [2.45, 2.75) is 33.3 Å². The number of pyridine rings is 1. The maximum Gasteiger partial charge on any atom is 0.251 e. The molecule has 1 atom stereocenters. The van der Waals surface area contributed by atoms with Gasteiger partial charge in [0, 0.05) is 24.4 Å². The lowest BCUT2D eigenvalue weighted by Gasteiger charge is -2.13. The van der Waals surface area contributed by atoms with E-state index >= 15 is 0 Å². The Morgan fingerprint density at radius 1 is 1.47 bits per heavy atom. The second-order valence-corrected chi connectivity index (χ2v) is 4.21. The monoisotopic (exact) mass is 266 g/mol. The van der Waals surface area contributed by atoms with Crippen LogP contribution in [0.2, 0.25) is 0 Å². The smallest absolute Gasteiger partial charge is 0.251 e. The molecular formula is C13H22N4O2. The van der Waals surface area contributed by atoms with Crippen LogP contribution < -0.4 is 16.6 Å². The van der Waals surface area contributed by atoms with E-state index in [4.69, 9.17) is 10.6 Å². The van der Waals surface area contributed by atoms with Crippen molar-refractivity contribution in [2.75, 3.05) is 18.6 Å². The molecule has 1 rings (SSSR count). The van der Waals surface area contributed by atoms with Gasteiger partial charge < -0.3 is 15.5 Å². The van der Waals surface area contributed by atoms with E-state index in [1.807, 2.05) is 20.8 Å². The largest absolute Gasteiger partial charge is 0.377 e. The molecule has 6 nitrogen and oxygen atoms in total. The normalized spacial score (nSPS) is 12.0. The van der Waals surface area contributed by atoms with E-state index in [2.05, 4.69) is 15.7 Å². The molecule has 0 spiro atoms. The molecule has 0 aliphatic rings. The predicted octanol–water partition coefficient (Wildman–Crippen LogP) is 1.08. The van der Waals surface area contributed by atoms with E-state index in [0.29, 0.717) is 24.5 Å². The van der Waals surface area contributed by atoms with Crippen molar-refractivity contribution in [1.29, 1.82) is 0 Å². The molecule has 0 fully saturated rings. The molecule has 1 aromatic rings. The molecule has 0 aromatic carbocycles. The Morgan fingerprint density at radius 3 is 2.79 bits per heavy atom. The predicted molar refractivity (Wildman–Crippen MR) is 74.8 cm³/mol. The maximum absolute atomic E-state index is 12.0. The lowest BCUT2D eigenvalue weighted by Crippen LogP contribution is -2.32. The maximum atomic E-state index is 12.0. The minimum Gasteiger partial charge on any atom is -0.377 e. The van der Waals surface area contributed by atoms with E-state index in [0.717, 1.165) is 12.1 Å². The number of hydrazine groups is 1. The van der Waals surface area contributed by atoms with Crippen LogP contribution in [0.15, 0.2) is 12.1 Å². The zero-order valence-corrected chi connectivity index (χ0v) is 11.7. The molecule has 1 heterocycles. The molecule has 0 bridgehead atoms. The molecule has 0 saturated heterocycles. The summed E-state index contributed by atoms with van der Waals surface area (Å²) in [6.07, 6.45) is 0.735. The highest BCUT2D eigenvalue weighted by molar-refractivity contribution is 5.95. The molecule has 1 aromatic heterocycles. The Hall–Kier alpha value is -1.66. The van der Waals surface area contributed by atoms with Crippen molar-refractivity contribution in [3.05, 3.63) is 23.4 Å². The number of aryl methyl sites for hydroxylation is 1. The lowest BCUT2D eigenvalue weighted by molar-refractivity contribution is 0.0695. The number of rotatable bonds is 7. The first kappa shape index (κ1) is 15.4. The van der Waals surface area contributed by atoms with Crippen LogP contribution in [-0.4, -0.2) is 30.1 Å². The average Bonchev–Trinajstić information content (AvgIpc) is 2.44. The number of nitrogens with one attached hydrogen (secondary N) is 2. The lowest BCUT2D eigenvalue weighted by atomic mass is 10.2. The Kier molecular flexibility index (Phi) is 6.24. The number of nitrogen functional groups attached to an aromatic ring is 1. The molecule has 0 saturated carbocycles. The number of aromatic nitrogens is 1. The molecule has 1 unspecified atom stereocenters. The first-order valence-electron chi connectivity index (χ1n) is 6.48. The van der Waals surface area contributed by atoms with Gasteiger partial charge in [0.05, 0.1) is 6.10 Å². The minimum atomic E-state index is -0.153. The Bertz CT molecular complexity index is 401. The highest BCUT2D eigenvalue weighted by atomic mass is 16.5. The average molecular weight is 266 g/mol. The summed E-state index contributed by atoms with van der Waals surface area (Å²) in [6.45, 7) is 6.92. The van der Waals surface area contributed by atoms with Crippen molar-refractivity contribution in [1.82, 2.24) is 10.3 Å². The van der Waals surface area contributed by atoms with Crippen LogP contribution in [0.1, 0.15) is 36.8 Å². The van der Waals surface area contributed by atoms with E-state index in [1.54, 1.807) is 12.1 Å². The number of carbonyl (C=O) groups excluding carboxylic acids is 1. The third kappa shape index (κ3) is 4.84. The van der Waals surface area contributed by atoms with Crippen LogP contribution in [0.3, 0.4) is 0 Å². The van der Waals surface area contributed by atoms with Gasteiger partial charge in [-0.05, 0) is 32.4 Å². The fraction of sp³-hybridized carbons (Fsp3) is 0.538.